The Balaban J connectivity index is 3.69. The van der Waals surface area contributed by atoms with Crippen LogP contribution in [0, 0.1) is 0 Å². The molecule has 0 atom stereocenters. The van der Waals surface area contributed by atoms with E-state index < -0.39 is 0 Å². The summed E-state index contributed by atoms with van der Waals surface area (Å²) in [4.78, 5) is 12.0. The van der Waals surface area contributed by atoms with Gasteiger partial charge in [-0.2, -0.15) is 0 Å². The molecule has 0 aromatic carbocycles. The van der Waals surface area contributed by atoms with E-state index in [0.717, 1.165) is 19.4 Å². The molecule has 0 saturated heterocycles. The molecule has 11 heavy (non-hydrogen) atoms. The van der Waals surface area contributed by atoms with Crippen molar-refractivity contribution < 1.29 is 4.79 Å². The van der Waals surface area contributed by atoms with Crippen LogP contribution in [0.3, 0.4) is 0 Å². The fraction of sp³-hybridized carbons (Fsp3) is 0.444. The van der Waals surface area contributed by atoms with Crippen LogP contribution in [-0.2, 0) is 4.79 Å². The Labute approximate surface area is 68.2 Å². The summed E-state index contributed by atoms with van der Waals surface area (Å²) in [5.74, 6) is 0. The lowest BCUT2D eigenvalue weighted by Gasteiger charge is -2.13. The van der Waals surface area contributed by atoms with Crippen LogP contribution in [0.2, 0.25) is 0 Å². The van der Waals surface area contributed by atoms with E-state index in [1.807, 2.05) is 12.3 Å². The lowest BCUT2D eigenvalue weighted by Crippen LogP contribution is -2.14. The van der Waals surface area contributed by atoms with Crippen molar-refractivity contribution in [3.63, 3.8) is 0 Å². The second kappa shape index (κ2) is 7.06. The van der Waals surface area contributed by atoms with Crippen LogP contribution in [-0.4, -0.2) is 24.3 Å². The molecule has 0 aliphatic carbocycles. The standard InChI is InChI=1S/C9H15NO/c1-3-10(4-2)8-6-5-7-9-11/h5-9H,3-4H2,1-2H3. The van der Waals surface area contributed by atoms with Crippen LogP contribution in [0.25, 0.3) is 0 Å². The highest BCUT2D eigenvalue weighted by Gasteiger charge is 1.85. The lowest BCUT2D eigenvalue weighted by atomic mass is 10.4. The Morgan fingerprint density at radius 3 is 2.18 bits per heavy atom. The minimum atomic E-state index is 0.770. The predicted octanol–water partition coefficient (Wildman–Crippen LogP) is 1.60. The fourth-order valence-electron chi connectivity index (χ4n) is 0.715. The minimum absolute atomic E-state index is 0.770. The first-order valence-corrected chi connectivity index (χ1v) is 3.87. The first-order chi connectivity index (χ1) is 5.35. The SMILES string of the molecule is CCN(C=CC=CC=O)CC. The zero-order chi connectivity index (χ0) is 8.53. The highest BCUT2D eigenvalue weighted by atomic mass is 16.1. The molecule has 0 unspecified atom stereocenters. The maximum Gasteiger partial charge on any atom is 0.142 e. The van der Waals surface area contributed by atoms with Crippen molar-refractivity contribution in [2.45, 2.75) is 13.8 Å². The van der Waals surface area contributed by atoms with Crippen molar-refractivity contribution in [1.29, 1.82) is 0 Å². The second-order valence-corrected chi connectivity index (χ2v) is 2.08. The number of hydrogen-bond acceptors (Lipinski definition) is 2. The minimum Gasteiger partial charge on any atom is -0.378 e. The third-order valence-electron chi connectivity index (χ3n) is 1.41. The predicted molar refractivity (Wildman–Crippen MR) is 47.3 cm³/mol. The topological polar surface area (TPSA) is 20.3 Å². The highest BCUT2D eigenvalue weighted by Crippen LogP contribution is 1.87. The Hall–Kier alpha value is -1.05. The Morgan fingerprint density at radius 2 is 1.73 bits per heavy atom. The third-order valence-corrected chi connectivity index (χ3v) is 1.41. The van der Waals surface area contributed by atoms with Crippen LogP contribution in [0.15, 0.2) is 24.4 Å². The number of nitrogens with zero attached hydrogens (tertiary/aromatic N) is 1. The Kier molecular flexibility index (Phi) is 6.39. The van der Waals surface area contributed by atoms with Crippen LogP contribution >= 0.6 is 0 Å². The summed E-state index contributed by atoms with van der Waals surface area (Å²) in [6.45, 7) is 6.19. The lowest BCUT2D eigenvalue weighted by molar-refractivity contribution is -0.104. The quantitative estimate of drug-likeness (QED) is 0.339. The summed E-state index contributed by atoms with van der Waals surface area (Å²) < 4.78 is 0. The van der Waals surface area contributed by atoms with Gasteiger partial charge in [-0.25, -0.2) is 0 Å². The molecule has 0 amide bonds. The van der Waals surface area contributed by atoms with Gasteiger partial charge in [-0.1, -0.05) is 6.08 Å². The monoisotopic (exact) mass is 153 g/mol. The van der Waals surface area contributed by atoms with Gasteiger partial charge in [-0.3, -0.25) is 4.79 Å². The molecule has 2 nitrogen and oxygen atoms in total. The first kappa shape index (κ1) is 9.95. The summed E-state index contributed by atoms with van der Waals surface area (Å²) >= 11 is 0. The van der Waals surface area contributed by atoms with Crippen molar-refractivity contribution in [3.8, 4) is 0 Å². The molecule has 62 valence electrons. The van der Waals surface area contributed by atoms with E-state index in [1.165, 1.54) is 6.08 Å². The number of allylic oxidation sites excluding steroid dienone is 3. The smallest absolute Gasteiger partial charge is 0.142 e. The van der Waals surface area contributed by atoms with E-state index in [-0.39, 0.29) is 0 Å². The van der Waals surface area contributed by atoms with Crippen molar-refractivity contribution >= 4 is 6.29 Å². The molecule has 0 aromatic heterocycles. The molecule has 0 aliphatic rings. The summed E-state index contributed by atoms with van der Waals surface area (Å²) in [6, 6.07) is 0. The first-order valence-electron chi connectivity index (χ1n) is 3.87. The van der Waals surface area contributed by atoms with Gasteiger partial charge in [0.05, 0.1) is 0 Å². The number of rotatable bonds is 5. The van der Waals surface area contributed by atoms with E-state index in [9.17, 15) is 4.79 Å². The van der Waals surface area contributed by atoms with Crippen LogP contribution in [0.4, 0.5) is 0 Å². The zero-order valence-electron chi connectivity index (χ0n) is 7.16. The summed E-state index contributed by atoms with van der Waals surface area (Å²) in [6.07, 6.45) is 7.80. The molecular formula is C9H15NO. The van der Waals surface area contributed by atoms with Gasteiger partial charge in [0.25, 0.3) is 0 Å². The van der Waals surface area contributed by atoms with E-state index >= 15 is 0 Å². The Morgan fingerprint density at radius 1 is 1.09 bits per heavy atom. The third kappa shape index (κ3) is 5.40. The average Bonchev–Trinajstić information content (AvgIpc) is 2.05. The van der Waals surface area contributed by atoms with Gasteiger partial charge >= 0.3 is 0 Å². The number of carbonyl (C=O) groups excluding carboxylic acids is 1. The van der Waals surface area contributed by atoms with Gasteiger partial charge in [-0.05, 0) is 32.2 Å². The van der Waals surface area contributed by atoms with E-state index in [2.05, 4.69) is 18.7 Å². The molecule has 0 bridgehead atoms. The summed E-state index contributed by atoms with van der Waals surface area (Å²) in [5, 5.41) is 0. The van der Waals surface area contributed by atoms with Crippen molar-refractivity contribution in [2.24, 2.45) is 0 Å². The van der Waals surface area contributed by atoms with E-state index in [0.29, 0.717) is 0 Å². The molecule has 0 heterocycles. The Bertz CT molecular complexity index is 146. The molecule has 0 rings (SSSR count). The highest BCUT2D eigenvalue weighted by molar-refractivity contribution is 5.65. The molecule has 0 fully saturated rings. The van der Waals surface area contributed by atoms with Crippen molar-refractivity contribution in [1.82, 2.24) is 4.90 Å². The second-order valence-electron chi connectivity index (χ2n) is 2.08. The van der Waals surface area contributed by atoms with Crippen molar-refractivity contribution in [3.05, 3.63) is 24.4 Å². The molecule has 0 radical (unpaired) electrons. The van der Waals surface area contributed by atoms with Crippen LogP contribution in [0.5, 0.6) is 0 Å². The molecule has 0 aromatic rings. The van der Waals surface area contributed by atoms with Gasteiger partial charge in [0.2, 0.25) is 0 Å². The summed E-state index contributed by atoms with van der Waals surface area (Å²) in [5.41, 5.74) is 0. The molecule has 0 spiro atoms. The van der Waals surface area contributed by atoms with E-state index in [1.54, 1.807) is 6.08 Å². The molecule has 0 N–H and O–H groups in total. The van der Waals surface area contributed by atoms with Crippen LogP contribution in [0.1, 0.15) is 13.8 Å². The molecule has 2 heteroatoms. The maximum atomic E-state index is 9.85. The van der Waals surface area contributed by atoms with Gasteiger partial charge in [-0.15, -0.1) is 0 Å². The number of carbonyl (C=O) groups is 1. The fourth-order valence-corrected chi connectivity index (χ4v) is 0.715. The number of hydrogen-bond donors (Lipinski definition) is 0. The molecule has 0 saturated carbocycles. The van der Waals surface area contributed by atoms with Gasteiger partial charge in [0.1, 0.15) is 6.29 Å². The van der Waals surface area contributed by atoms with Gasteiger partial charge in [0, 0.05) is 13.1 Å². The van der Waals surface area contributed by atoms with Gasteiger partial charge in [0.15, 0.2) is 0 Å². The van der Waals surface area contributed by atoms with Crippen molar-refractivity contribution in [2.75, 3.05) is 13.1 Å². The van der Waals surface area contributed by atoms with E-state index in [4.69, 9.17) is 0 Å². The molecule has 0 aliphatic heterocycles. The normalized spacial score (nSPS) is 11.1. The number of aldehydes is 1. The van der Waals surface area contributed by atoms with Gasteiger partial charge < -0.3 is 4.90 Å². The largest absolute Gasteiger partial charge is 0.378 e. The average molecular weight is 153 g/mol. The van der Waals surface area contributed by atoms with Crippen LogP contribution < -0.4 is 0 Å². The zero-order valence-corrected chi connectivity index (χ0v) is 7.16. The molecular weight excluding hydrogens is 138 g/mol. The maximum absolute atomic E-state index is 9.85. The summed E-state index contributed by atoms with van der Waals surface area (Å²) in [7, 11) is 0.